The Morgan fingerprint density at radius 2 is 1.98 bits per heavy atom. The molecule has 1 amide bonds. The molecule has 10 nitrogen and oxygen atoms in total. The fourth-order valence-corrected chi connectivity index (χ4v) is 5.72. The molecule has 3 heterocycles. The molecule has 0 saturated carbocycles. The molecule has 0 bridgehead atoms. The smallest absolute Gasteiger partial charge is 0.259 e. The Labute approximate surface area is 249 Å². The first kappa shape index (κ1) is 28.4. The Morgan fingerprint density at radius 3 is 2.77 bits per heavy atom. The number of hydrogen-bond donors (Lipinski definition) is 2. The number of carbonyl (C=O) groups excluding carboxylic acids is 1. The van der Waals surface area contributed by atoms with E-state index in [1.807, 2.05) is 73.1 Å². The van der Waals surface area contributed by atoms with Crippen LogP contribution >= 0.6 is 0 Å². The van der Waals surface area contributed by atoms with Gasteiger partial charge in [-0.3, -0.25) is 14.5 Å². The normalized spacial score (nSPS) is 15.3. The van der Waals surface area contributed by atoms with Gasteiger partial charge in [0.25, 0.3) is 5.56 Å². The van der Waals surface area contributed by atoms with Crippen molar-refractivity contribution in [3.8, 4) is 22.9 Å². The van der Waals surface area contributed by atoms with Gasteiger partial charge in [-0.25, -0.2) is 9.97 Å². The van der Waals surface area contributed by atoms with Gasteiger partial charge in [0.2, 0.25) is 5.91 Å². The zero-order valence-electron chi connectivity index (χ0n) is 24.7. The number of para-hydroxylation sites is 1. The topological polar surface area (TPSA) is 114 Å². The number of rotatable bonds is 10. The third-order valence-corrected chi connectivity index (χ3v) is 8.03. The number of benzene rings is 3. The summed E-state index contributed by atoms with van der Waals surface area (Å²) in [5.41, 5.74) is 4.42. The molecule has 2 N–H and O–H groups in total. The number of H-pyrrole nitrogens is 1. The summed E-state index contributed by atoms with van der Waals surface area (Å²) in [6.45, 7) is 4.42. The molecule has 0 radical (unpaired) electrons. The van der Waals surface area contributed by atoms with E-state index in [1.54, 1.807) is 13.4 Å². The first-order chi connectivity index (χ1) is 20.9. The highest BCUT2D eigenvalue weighted by atomic mass is 16.5. The predicted molar refractivity (Wildman–Crippen MR) is 166 cm³/mol. The number of aromatic nitrogens is 4. The summed E-state index contributed by atoms with van der Waals surface area (Å²) in [5.74, 6) is 1.85. The maximum absolute atomic E-state index is 13.5. The van der Waals surface area contributed by atoms with Gasteiger partial charge in [-0.15, -0.1) is 0 Å². The minimum Gasteiger partial charge on any atom is -0.496 e. The number of hydrogen-bond acceptors (Lipinski definition) is 7. The van der Waals surface area contributed by atoms with Crippen molar-refractivity contribution < 1.29 is 14.3 Å². The summed E-state index contributed by atoms with van der Waals surface area (Å²) in [6.07, 6.45) is 4.50. The highest BCUT2D eigenvalue weighted by Gasteiger charge is 2.27. The quantitative estimate of drug-likeness (QED) is 0.250. The van der Waals surface area contributed by atoms with Gasteiger partial charge in [0.1, 0.15) is 17.3 Å². The van der Waals surface area contributed by atoms with Crippen LogP contribution in [0.4, 0.5) is 0 Å². The van der Waals surface area contributed by atoms with Crippen LogP contribution in [0, 0.1) is 0 Å². The van der Waals surface area contributed by atoms with E-state index in [-0.39, 0.29) is 17.5 Å². The molecule has 2 aromatic heterocycles. The second-order valence-electron chi connectivity index (χ2n) is 11.0. The van der Waals surface area contributed by atoms with Gasteiger partial charge < -0.3 is 24.3 Å². The standard InChI is InChI=1S/C33H36N6O4/c1-4-14-43-30-12-11-21(18-34-33(41)27-9-7-13-38(27)2)15-24(30)31-36-25-17-26-28(16-23(25)32(40)37-31)39(20-35-26)19-22-8-5-6-10-29(22)42-3/h5-6,8,10-12,15-17,20,27H,4,7,9,13-14,18-19H2,1-3H3,(H,34,41)(H,36,37,40). The maximum atomic E-state index is 13.5. The Bertz CT molecular complexity index is 1850. The van der Waals surface area contributed by atoms with Crippen molar-refractivity contribution in [1.82, 2.24) is 29.7 Å². The average Bonchev–Trinajstić information content (AvgIpc) is 3.63. The molecule has 1 unspecified atom stereocenters. The SMILES string of the molecule is CCCOc1ccc(CNC(=O)C2CCCN2C)cc1-c1nc2cc3ncn(Cc4ccccc4OC)c3cc2c(=O)[nH]1. The first-order valence-corrected chi connectivity index (χ1v) is 14.7. The lowest BCUT2D eigenvalue weighted by molar-refractivity contribution is -0.125. The van der Waals surface area contributed by atoms with E-state index < -0.39 is 0 Å². The number of likely N-dealkylation sites (N-methyl/N-ethyl adjacent to an activating group) is 1. The average molecular weight is 581 g/mol. The highest BCUT2D eigenvalue weighted by molar-refractivity contribution is 5.93. The Kier molecular flexibility index (Phi) is 8.11. The Balaban J connectivity index is 1.33. The predicted octanol–water partition coefficient (Wildman–Crippen LogP) is 4.50. The van der Waals surface area contributed by atoms with Gasteiger partial charge in [0, 0.05) is 12.1 Å². The van der Waals surface area contributed by atoms with Crippen LogP contribution < -0.4 is 20.3 Å². The zero-order valence-corrected chi connectivity index (χ0v) is 24.7. The third-order valence-electron chi connectivity index (χ3n) is 8.03. The number of amides is 1. The van der Waals surface area contributed by atoms with Gasteiger partial charge >= 0.3 is 0 Å². The molecule has 222 valence electrons. The van der Waals surface area contributed by atoms with Gasteiger partial charge in [-0.05, 0) is 68.8 Å². The molecule has 0 spiro atoms. The molecule has 5 aromatic rings. The van der Waals surface area contributed by atoms with Crippen molar-refractivity contribution in [2.45, 2.75) is 45.3 Å². The molecule has 1 saturated heterocycles. The monoisotopic (exact) mass is 580 g/mol. The van der Waals surface area contributed by atoms with E-state index in [2.05, 4.69) is 20.2 Å². The van der Waals surface area contributed by atoms with Crippen LogP contribution in [-0.2, 0) is 17.9 Å². The molecule has 1 atom stereocenters. The summed E-state index contributed by atoms with van der Waals surface area (Å²) in [5, 5.41) is 3.54. The van der Waals surface area contributed by atoms with Crippen LogP contribution in [0.5, 0.6) is 11.5 Å². The van der Waals surface area contributed by atoms with E-state index in [4.69, 9.17) is 14.5 Å². The third kappa shape index (κ3) is 5.83. The molecule has 6 rings (SSSR count). The number of nitrogens with zero attached hydrogens (tertiary/aromatic N) is 4. The maximum Gasteiger partial charge on any atom is 0.259 e. The number of methoxy groups -OCH3 is 1. The number of carbonyl (C=O) groups is 1. The molecule has 0 aliphatic carbocycles. The van der Waals surface area contributed by atoms with Crippen LogP contribution in [0.25, 0.3) is 33.3 Å². The Morgan fingerprint density at radius 1 is 1.12 bits per heavy atom. The fourth-order valence-electron chi connectivity index (χ4n) is 5.72. The van der Waals surface area contributed by atoms with E-state index in [0.717, 1.165) is 53.7 Å². The van der Waals surface area contributed by atoms with Crippen LogP contribution in [0.2, 0.25) is 0 Å². The number of nitrogens with one attached hydrogen (secondary N) is 2. The summed E-state index contributed by atoms with van der Waals surface area (Å²) in [6, 6.07) is 17.2. The summed E-state index contributed by atoms with van der Waals surface area (Å²) in [7, 11) is 3.64. The van der Waals surface area contributed by atoms with E-state index >= 15 is 0 Å². The van der Waals surface area contributed by atoms with Gasteiger partial charge in [-0.2, -0.15) is 0 Å². The van der Waals surface area contributed by atoms with Crippen molar-refractivity contribution in [1.29, 1.82) is 0 Å². The second kappa shape index (κ2) is 12.3. The van der Waals surface area contributed by atoms with Crippen LogP contribution in [0.15, 0.2) is 65.7 Å². The van der Waals surface area contributed by atoms with Crippen molar-refractivity contribution in [2.24, 2.45) is 0 Å². The lowest BCUT2D eigenvalue weighted by Gasteiger charge is -2.19. The van der Waals surface area contributed by atoms with Crippen molar-refractivity contribution in [2.75, 3.05) is 27.3 Å². The van der Waals surface area contributed by atoms with Crippen LogP contribution in [0.1, 0.15) is 37.3 Å². The van der Waals surface area contributed by atoms with E-state index in [0.29, 0.717) is 47.7 Å². The lowest BCUT2D eigenvalue weighted by Crippen LogP contribution is -2.41. The molecule has 1 aliphatic heterocycles. The van der Waals surface area contributed by atoms with Crippen molar-refractivity contribution in [3.05, 3.63) is 82.4 Å². The van der Waals surface area contributed by atoms with Gasteiger partial charge in [0.15, 0.2) is 0 Å². The fraction of sp³-hybridized carbons (Fsp3) is 0.333. The largest absolute Gasteiger partial charge is 0.496 e. The molecule has 1 aliphatic rings. The van der Waals surface area contributed by atoms with Gasteiger partial charge in [-0.1, -0.05) is 31.2 Å². The molecular formula is C33H36N6O4. The molecule has 1 fully saturated rings. The number of imidazole rings is 1. The number of aromatic amines is 1. The minimum atomic E-state index is -0.253. The van der Waals surface area contributed by atoms with Crippen LogP contribution in [0.3, 0.4) is 0 Å². The van der Waals surface area contributed by atoms with Crippen LogP contribution in [-0.4, -0.2) is 63.7 Å². The number of fused-ring (bicyclic) bond motifs is 2. The second-order valence-corrected chi connectivity index (χ2v) is 11.0. The summed E-state index contributed by atoms with van der Waals surface area (Å²) < 4.78 is 13.5. The van der Waals surface area contributed by atoms with E-state index in [1.165, 1.54) is 0 Å². The highest BCUT2D eigenvalue weighted by Crippen LogP contribution is 2.30. The van der Waals surface area contributed by atoms with Crippen molar-refractivity contribution in [3.63, 3.8) is 0 Å². The molecular weight excluding hydrogens is 544 g/mol. The molecule has 10 heteroatoms. The van der Waals surface area contributed by atoms with E-state index in [9.17, 15) is 9.59 Å². The minimum absolute atomic E-state index is 0.0271. The number of ether oxygens (including phenoxy) is 2. The molecule has 3 aromatic carbocycles. The zero-order chi connectivity index (χ0) is 29.9. The van der Waals surface area contributed by atoms with Gasteiger partial charge in [0.05, 0.1) is 60.1 Å². The summed E-state index contributed by atoms with van der Waals surface area (Å²) >= 11 is 0. The molecule has 43 heavy (non-hydrogen) atoms. The summed E-state index contributed by atoms with van der Waals surface area (Å²) in [4.78, 5) is 40.8. The Hall–Kier alpha value is -4.70. The first-order valence-electron chi connectivity index (χ1n) is 14.7. The number of likely N-dealkylation sites (tertiary alicyclic amines) is 1. The van der Waals surface area contributed by atoms with Crippen molar-refractivity contribution >= 4 is 27.8 Å². The lowest BCUT2D eigenvalue weighted by atomic mass is 10.1.